The fraction of sp³-hybridized carbons (Fsp3) is 0.588. The van der Waals surface area contributed by atoms with Crippen molar-refractivity contribution in [3.05, 3.63) is 30.3 Å². The average molecular weight is 355 g/mol. The van der Waals surface area contributed by atoms with Gasteiger partial charge in [0.2, 0.25) is 0 Å². The Kier molecular flexibility index (Phi) is 6.77. The van der Waals surface area contributed by atoms with E-state index in [1.54, 1.807) is 24.3 Å². The molecule has 24 heavy (non-hydrogen) atoms. The van der Waals surface area contributed by atoms with Crippen molar-refractivity contribution in [2.24, 2.45) is 0 Å². The molecule has 0 saturated carbocycles. The minimum absolute atomic E-state index is 0.167. The lowest BCUT2D eigenvalue weighted by Crippen LogP contribution is -2.54. The van der Waals surface area contributed by atoms with E-state index in [0.29, 0.717) is 23.5 Å². The van der Waals surface area contributed by atoms with Gasteiger partial charge in [-0.2, -0.15) is 0 Å². The van der Waals surface area contributed by atoms with Gasteiger partial charge in [-0.15, -0.1) is 0 Å². The molecule has 0 aromatic heterocycles. The van der Waals surface area contributed by atoms with Crippen molar-refractivity contribution in [2.45, 2.75) is 55.2 Å². The number of piperidine rings is 2. The number of nitrogens with zero attached hydrogens (tertiary/aromatic N) is 1. The van der Waals surface area contributed by atoms with Crippen LogP contribution in [0.2, 0.25) is 0 Å². The van der Waals surface area contributed by atoms with Crippen molar-refractivity contribution in [2.75, 3.05) is 12.3 Å². The number of aliphatic hydroxyl groups excluding tert-OH is 1. The smallest absolute Gasteiger partial charge is 0.290 e. The van der Waals surface area contributed by atoms with Gasteiger partial charge in [0.1, 0.15) is 0 Å². The number of fused-ring (bicyclic) bond motifs is 2. The maximum absolute atomic E-state index is 12.4. The van der Waals surface area contributed by atoms with Crippen LogP contribution in [0.1, 0.15) is 32.1 Å². The van der Waals surface area contributed by atoms with Crippen molar-refractivity contribution in [3.8, 4) is 0 Å². The zero-order valence-corrected chi connectivity index (χ0v) is 14.4. The number of sulfone groups is 1. The second kappa shape index (κ2) is 8.60. The standard InChI is InChI=1S/C16H23NO3S.CH2O2/c18-15-11-13-5-4-6-14(12-15)17(13)9-10-21(19,20)16-7-2-1-3-8-16;2-1-3/h1-3,7-8,13-15,18H,4-6,9-12H2;1H,(H,2,3)/t13-,14+,15?;. The highest BCUT2D eigenvalue weighted by molar-refractivity contribution is 7.91. The highest BCUT2D eigenvalue weighted by Gasteiger charge is 2.37. The maximum Gasteiger partial charge on any atom is 0.290 e. The lowest BCUT2D eigenvalue weighted by Gasteiger charge is -2.47. The van der Waals surface area contributed by atoms with Crippen molar-refractivity contribution >= 4 is 16.3 Å². The molecule has 1 aromatic carbocycles. The lowest BCUT2D eigenvalue weighted by molar-refractivity contribution is -0.122. The molecule has 0 spiro atoms. The number of hydrogen-bond acceptors (Lipinski definition) is 5. The summed E-state index contributed by atoms with van der Waals surface area (Å²) in [5, 5.41) is 16.8. The third-order valence-electron chi connectivity index (χ3n) is 4.82. The summed E-state index contributed by atoms with van der Waals surface area (Å²) >= 11 is 0. The van der Waals surface area contributed by atoms with Gasteiger partial charge in [-0.3, -0.25) is 9.69 Å². The van der Waals surface area contributed by atoms with Crippen molar-refractivity contribution in [1.29, 1.82) is 0 Å². The predicted molar refractivity (Wildman–Crippen MR) is 90.6 cm³/mol. The summed E-state index contributed by atoms with van der Waals surface area (Å²) in [5.74, 6) is 0.167. The number of hydrogen-bond donors (Lipinski definition) is 2. The fourth-order valence-corrected chi connectivity index (χ4v) is 5.04. The van der Waals surface area contributed by atoms with Crippen LogP contribution in [-0.2, 0) is 14.6 Å². The summed E-state index contributed by atoms with van der Waals surface area (Å²) in [6.07, 6.45) is 4.74. The first-order chi connectivity index (χ1) is 11.5. The topological polar surface area (TPSA) is 94.9 Å². The molecule has 2 aliphatic heterocycles. The van der Waals surface area contributed by atoms with Gasteiger partial charge in [-0.1, -0.05) is 24.6 Å². The quantitative estimate of drug-likeness (QED) is 0.796. The van der Waals surface area contributed by atoms with Gasteiger partial charge >= 0.3 is 0 Å². The van der Waals surface area contributed by atoms with Crippen molar-refractivity contribution < 1.29 is 23.4 Å². The Morgan fingerprint density at radius 2 is 1.67 bits per heavy atom. The molecule has 2 saturated heterocycles. The first-order valence-corrected chi connectivity index (χ1v) is 9.92. The van der Waals surface area contributed by atoms with E-state index in [0.717, 1.165) is 25.7 Å². The van der Waals surface area contributed by atoms with Crippen LogP contribution in [0.3, 0.4) is 0 Å². The van der Waals surface area contributed by atoms with Crippen LogP contribution < -0.4 is 0 Å². The first kappa shape index (κ1) is 18.9. The van der Waals surface area contributed by atoms with E-state index in [1.807, 2.05) is 6.07 Å². The molecule has 2 aliphatic rings. The Labute approximate surface area is 143 Å². The van der Waals surface area contributed by atoms with E-state index < -0.39 is 9.84 Å². The van der Waals surface area contributed by atoms with Gasteiger partial charge in [0.25, 0.3) is 6.47 Å². The molecule has 1 aromatic rings. The molecule has 2 bridgehead atoms. The first-order valence-electron chi connectivity index (χ1n) is 8.27. The second-order valence-corrected chi connectivity index (χ2v) is 8.45. The van der Waals surface area contributed by atoms with Crippen LogP contribution in [0.5, 0.6) is 0 Å². The Hall–Kier alpha value is -1.44. The highest BCUT2D eigenvalue weighted by atomic mass is 32.2. The molecule has 2 N–H and O–H groups in total. The Morgan fingerprint density at radius 3 is 2.21 bits per heavy atom. The molecular formula is C17H25NO5S. The van der Waals surface area contributed by atoms with Gasteiger partial charge in [0.15, 0.2) is 9.84 Å². The molecule has 0 aliphatic carbocycles. The number of carboxylic acid groups (broad SMARTS) is 1. The summed E-state index contributed by atoms with van der Waals surface area (Å²) in [5.41, 5.74) is 0. The van der Waals surface area contributed by atoms with Crippen LogP contribution >= 0.6 is 0 Å². The fourth-order valence-electron chi connectivity index (χ4n) is 3.79. The minimum atomic E-state index is -3.21. The SMILES string of the molecule is O=CO.O=S(=O)(CCN1[C@@H]2CCC[C@H]1CC(O)C2)c1ccccc1. The van der Waals surface area contributed by atoms with E-state index >= 15 is 0 Å². The zero-order chi connectivity index (χ0) is 17.6. The van der Waals surface area contributed by atoms with Crippen LogP contribution in [0, 0.1) is 0 Å². The molecule has 3 rings (SSSR count). The molecule has 6 nitrogen and oxygen atoms in total. The number of carbonyl (C=O) groups is 1. The summed E-state index contributed by atoms with van der Waals surface area (Å²) in [6, 6.07) is 9.40. The van der Waals surface area contributed by atoms with E-state index in [-0.39, 0.29) is 18.3 Å². The van der Waals surface area contributed by atoms with Gasteiger partial charge in [0.05, 0.1) is 16.8 Å². The molecule has 0 radical (unpaired) electrons. The molecule has 2 fully saturated rings. The largest absolute Gasteiger partial charge is 0.483 e. The summed E-state index contributed by atoms with van der Waals surface area (Å²) in [6.45, 7) is 0.333. The van der Waals surface area contributed by atoms with Gasteiger partial charge in [0, 0.05) is 18.6 Å². The molecular weight excluding hydrogens is 330 g/mol. The average Bonchev–Trinajstić information content (AvgIpc) is 2.54. The molecule has 134 valence electrons. The molecule has 2 heterocycles. The number of rotatable bonds is 4. The second-order valence-electron chi connectivity index (χ2n) is 6.34. The molecule has 1 unspecified atom stereocenters. The predicted octanol–water partition coefficient (Wildman–Crippen LogP) is 1.54. The third-order valence-corrected chi connectivity index (χ3v) is 6.53. The van der Waals surface area contributed by atoms with Gasteiger partial charge < -0.3 is 10.2 Å². The lowest BCUT2D eigenvalue weighted by atomic mass is 9.83. The number of aliphatic hydroxyl groups is 1. The minimum Gasteiger partial charge on any atom is -0.483 e. The molecule has 3 atom stereocenters. The summed E-state index contributed by atoms with van der Waals surface area (Å²) < 4.78 is 24.8. The normalized spacial score (nSPS) is 27.0. The Balaban J connectivity index is 0.000000647. The van der Waals surface area contributed by atoms with Crippen LogP contribution in [0.4, 0.5) is 0 Å². The van der Waals surface area contributed by atoms with Gasteiger partial charge in [-0.05, 0) is 37.8 Å². The van der Waals surface area contributed by atoms with Crippen molar-refractivity contribution in [3.63, 3.8) is 0 Å². The monoisotopic (exact) mass is 355 g/mol. The molecule has 0 amide bonds. The van der Waals surface area contributed by atoms with Crippen molar-refractivity contribution in [1.82, 2.24) is 4.90 Å². The van der Waals surface area contributed by atoms with Crippen LogP contribution in [-0.4, -0.2) is 60.5 Å². The van der Waals surface area contributed by atoms with Crippen LogP contribution in [0.25, 0.3) is 0 Å². The van der Waals surface area contributed by atoms with E-state index in [4.69, 9.17) is 9.90 Å². The molecule has 7 heteroatoms. The van der Waals surface area contributed by atoms with E-state index in [2.05, 4.69) is 4.90 Å². The van der Waals surface area contributed by atoms with E-state index in [9.17, 15) is 13.5 Å². The Morgan fingerprint density at radius 1 is 1.12 bits per heavy atom. The zero-order valence-electron chi connectivity index (χ0n) is 13.6. The summed E-state index contributed by atoms with van der Waals surface area (Å²) in [7, 11) is -3.21. The number of benzene rings is 1. The van der Waals surface area contributed by atoms with E-state index in [1.165, 1.54) is 6.42 Å². The van der Waals surface area contributed by atoms with Crippen LogP contribution in [0.15, 0.2) is 35.2 Å². The third kappa shape index (κ3) is 4.78. The Bertz CT molecular complexity index is 605. The summed E-state index contributed by atoms with van der Waals surface area (Å²) in [4.78, 5) is 11.1. The highest BCUT2D eigenvalue weighted by Crippen LogP contribution is 2.33. The maximum atomic E-state index is 12.4. The van der Waals surface area contributed by atoms with Gasteiger partial charge in [-0.25, -0.2) is 8.42 Å².